The van der Waals surface area contributed by atoms with E-state index in [1.54, 1.807) is 24.3 Å². The molecule has 0 atom stereocenters. The van der Waals surface area contributed by atoms with E-state index in [4.69, 9.17) is 0 Å². The first kappa shape index (κ1) is 15.5. The van der Waals surface area contributed by atoms with Gasteiger partial charge in [-0.3, -0.25) is 14.5 Å². The summed E-state index contributed by atoms with van der Waals surface area (Å²) in [5.74, 6) is -0.180. The van der Waals surface area contributed by atoms with Crippen molar-refractivity contribution >= 4 is 17.5 Å². The Hall–Kier alpha value is -1.92. The van der Waals surface area contributed by atoms with Crippen LogP contribution in [0.4, 0.5) is 5.69 Å². The summed E-state index contributed by atoms with van der Waals surface area (Å²) < 4.78 is 0. The standard InChI is InChI=1S/C15H22N4O2/c1-2-17-15(21)12-4-3-5-13(10-12)18-14(20)11-19-8-6-16-7-9-19/h3-5,10,16H,2,6-9,11H2,1H3,(H,17,21)(H,18,20). The Morgan fingerprint density at radius 3 is 2.76 bits per heavy atom. The van der Waals surface area contributed by atoms with Gasteiger partial charge in [0, 0.05) is 44.0 Å². The van der Waals surface area contributed by atoms with Crippen molar-refractivity contribution in [1.82, 2.24) is 15.5 Å². The van der Waals surface area contributed by atoms with Crippen LogP contribution in [0.3, 0.4) is 0 Å². The van der Waals surface area contributed by atoms with Crippen LogP contribution in [0.1, 0.15) is 17.3 Å². The molecule has 1 aromatic rings. The van der Waals surface area contributed by atoms with Crippen LogP contribution in [-0.2, 0) is 4.79 Å². The SMILES string of the molecule is CCNC(=O)c1cccc(NC(=O)CN2CCNCC2)c1. The highest BCUT2D eigenvalue weighted by Crippen LogP contribution is 2.10. The van der Waals surface area contributed by atoms with E-state index in [9.17, 15) is 9.59 Å². The van der Waals surface area contributed by atoms with E-state index in [0.717, 1.165) is 26.2 Å². The largest absolute Gasteiger partial charge is 0.352 e. The quantitative estimate of drug-likeness (QED) is 0.728. The first-order valence-corrected chi connectivity index (χ1v) is 7.30. The summed E-state index contributed by atoms with van der Waals surface area (Å²) >= 11 is 0. The molecule has 114 valence electrons. The lowest BCUT2D eigenvalue weighted by Crippen LogP contribution is -2.46. The molecule has 1 heterocycles. The third-order valence-corrected chi connectivity index (χ3v) is 3.32. The topological polar surface area (TPSA) is 73.5 Å². The van der Waals surface area contributed by atoms with Gasteiger partial charge in [-0.25, -0.2) is 0 Å². The molecule has 21 heavy (non-hydrogen) atoms. The van der Waals surface area contributed by atoms with Gasteiger partial charge in [-0.1, -0.05) is 6.07 Å². The second kappa shape index (κ2) is 7.75. The number of carbonyl (C=O) groups excluding carboxylic acids is 2. The molecule has 0 aromatic heterocycles. The number of anilines is 1. The average molecular weight is 290 g/mol. The zero-order valence-corrected chi connectivity index (χ0v) is 12.3. The highest BCUT2D eigenvalue weighted by Gasteiger charge is 2.14. The van der Waals surface area contributed by atoms with Crippen LogP contribution in [0.15, 0.2) is 24.3 Å². The fraction of sp³-hybridized carbons (Fsp3) is 0.467. The highest BCUT2D eigenvalue weighted by molar-refractivity contribution is 5.97. The van der Waals surface area contributed by atoms with Gasteiger partial charge in [0.1, 0.15) is 0 Å². The second-order valence-electron chi connectivity index (χ2n) is 5.01. The number of hydrogen-bond donors (Lipinski definition) is 3. The van der Waals surface area contributed by atoms with Crippen LogP contribution in [-0.4, -0.2) is 56.0 Å². The van der Waals surface area contributed by atoms with Crippen LogP contribution < -0.4 is 16.0 Å². The van der Waals surface area contributed by atoms with Crippen molar-refractivity contribution in [2.75, 3.05) is 44.6 Å². The van der Waals surface area contributed by atoms with Crippen molar-refractivity contribution in [3.8, 4) is 0 Å². The number of hydrogen-bond acceptors (Lipinski definition) is 4. The average Bonchev–Trinajstić information content (AvgIpc) is 2.48. The predicted molar refractivity (Wildman–Crippen MR) is 82.4 cm³/mol. The normalized spacial score (nSPS) is 15.5. The molecule has 0 radical (unpaired) electrons. The third-order valence-electron chi connectivity index (χ3n) is 3.32. The van der Waals surface area contributed by atoms with Gasteiger partial charge >= 0.3 is 0 Å². The molecule has 6 nitrogen and oxygen atoms in total. The molecule has 1 aliphatic rings. The smallest absolute Gasteiger partial charge is 0.251 e. The monoisotopic (exact) mass is 290 g/mol. The summed E-state index contributed by atoms with van der Waals surface area (Å²) in [6.45, 7) is 6.43. The first-order chi connectivity index (χ1) is 10.2. The number of nitrogens with zero attached hydrogens (tertiary/aromatic N) is 1. The Kier molecular flexibility index (Phi) is 5.71. The van der Waals surface area contributed by atoms with E-state index in [1.165, 1.54) is 0 Å². The third kappa shape index (κ3) is 4.84. The Morgan fingerprint density at radius 2 is 2.05 bits per heavy atom. The van der Waals surface area contributed by atoms with E-state index < -0.39 is 0 Å². The van der Waals surface area contributed by atoms with E-state index in [2.05, 4.69) is 20.9 Å². The molecule has 0 unspecified atom stereocenters. The lowest BCUT2D eigenvalue weighted by Gasteiger charge is -2.26. The molecule has 3 N–H and O–H groups in total. The summed E-state index contributed by atoms with van der Waals surface area (Å²) in [5.41, 5.74) is 1.20. The fourth-order valence-electron chi connectivity index (χ4n) is 2.27. The van der Waals surface area contributed by atoms with Gasteiger partial charge in [-0.15, -0.1) is 0 Å². The number of amides is 2. The van der Waals surface area contributed by atoms with Crippen molar-refractivity contribution in [3.05, 3.63) is 29.8 Å². The summed E-state index contributed by atoms with van der Waals surface area (Å²) in [6, 6.07) is 6.99. The molecule has 2 rings (SSSR count). The summed E-state index contributed by atoms with van der Waals surface area (Å²) in [6.07, 6.45) is 0. The maximum atomic E-state index is 12.0. The van der Waals surface area contributed by atoms with Crippen molar-refractivity contribution in [2.45, 2.75) is 6.92 Å². The van der Waals surface area contributed by atoms with E-state index in [-0.39, 0.29) is 11.8 Å². The van der Waals surface area contributed by atoms with Gasteiger partial charge in [-0.05, 0) is 25.1 Å². The van der Waals surface area contributed by atoms with Gasteiger partial charge in [0.25, 0.3) is 5.91 Å². The minimum absolute atomic E-state index is 0.0510. The molecule has 1 aromatic carbocycles. The summed E-state index contributed by atoms with van der Waals surface area (Å²) in [5, 5.41) is 8.84. The van der Waals surface area contributed by atoms with Crippen molar-refractivity contribution in [3.63, 3.8) is 0 Å². The Morgan fingerprint density at radius 1 is 1.29 bits per heavy atom. The Balaban J connectivity index is 1.91. The van der Waals surface area contributed by atoms with Crippen LogP contribution in [0.25, 0.3) is 0 Å². The van der Waals surface area contributed by atoms with E-state index in [0.29, 0.717) is 24.3 Å². The minimum Gasteiger partial charge on any atom is -0.352 e. The molecule has 1 aliphatic heterocycles. The van der Waals surface area contributed by atoms with Crippen molar-refractivity contribution in [2.24, 2.45) is 0 Å². The van der Waals surface area contributed by atoms with E-state index in [1.807, 2.05) is 6.92 Å². The van der Waals surface area contributed by atoms with Gasteiger partial charge < -0.3 is 16.0 Å². The summed E-state index contributed by atoms with van der Waals surface area (Å²) in [7, 11) is 0. The molecule has 2 amide bonds. The molecule has 0 bridgehead atoms. The molecular formula is C15H22N4O2. The van der Waals surface area contributed by atoms with Crippen molar-refractivity contribution < 1.29 is 9.59 Å². The predicted octanol–water partition coefficient (Wildman–Crippen LogP) is 0.280. The van der Waals surface area contributed by atoms with Gasteiger partial charge in [-0.2, -0.15) is 0 Å². The number of rotatable bonds is 5. The number of nitrogens with one attached hydrogen (secondary N) is 3. The van der Waals surface area contributed by atoms with Crippen LogP contribution in [0, 0.1) is 0 Å². The minimum atomic E-state index is -0.129. The molecule has 0 spiro atoms. The lowest BCUT2D eigenvalue weighted by atomic mass is 10.2. The molecule has 1 saturated heterocycles. The maximum Gasteiger partial charge on any atom is 0.251 e. The molecule has 6 heteroatoms. The molecular weight excluding hydrogens is 268 g/mol. The van der Waals surface area contributed by atoms with Crippen LogP contribution >= 0.6 is 0 Å². The number of carbonyl (C=O) groups is 2. The maximum absolute atomic E-state index is 12.0. The highest BCUT2D eigenvalue weighted by atomic mass is 16.2. The zero-order valence-electron chi connectivity index (χ0n) is 12.3. The molecule has 0 aliphatic carbocycles. The van der Waals surface area contributed by atoms with Gasteiger partial charge in [0.15, 0.2) is 0 Å². The van der Waals surface area contributed by atoms with E-state index >= 15 is 0 Å². The molecule has 1 fully saturated rings. The summed E-state index contributed by atoms with van der Waals surface area (Å²) in [4.78, 5) is 25.9. The number of benzene rings is 1. The van der Waals surface area contributed by atoms with Gasteiger partial charge in [0.05, 0.1) is 6.54 Å². The van der Waals surface area contributed by atoms with Crippen LogP contribution in [0.5, 0.6) is 0 Å². The Labute approximate surface area is 124 Å². The Bertz CT molecular complexity index is 498. The van der Waals surface area contributed by atoms with Crippen LogP contribution in [0.2, 0.25) is 0 Å². The molecule has 0 saturated carbocycles. The fourth-order valence-corrected chi connectivity index (χ4v) is 2.27. The zero-order chi connectivity index (χ0) is 15.1. The first-order valence-electron chi connectivity index (χ1n) is 7.30. The van der Waals surface area contributed by atoms with Crippen molar-refractivity contribution in [1.29, 1.82) is 0 Å². The number of piperazine rings is 1. The lowest BCUT2D eigenvalue weighted by molar-refractivity contribution is -0.117. The van der Waals surface area contributed by atoms with Gasteiger partial charge in [0.2, 0.25) is 5.91 Å². The second-order valence-corrected chi connectivity index (χ2v) is 5.01.